The first-order chi connectivity index (χ1) is 6.21. The van der Waals surface area contributed by atoms with Gasteiger partial charge in [0.25, 0.3) is 0 Å². The molecule has 2 nitrogen and oxygen atoms in total. The van der Waals surface area contributed by atoms with E-state index in [1.807, 2.05) is 0 Å². The third kappa shape index (κ3) is 2.06. The second kappa shape index (κ2) is 3.60. The largest absolute Gasteiger partial charge is 0.228 e. The van der Waals surface area contributed by atoms with Crippen molar-refractivity contribution >= 4 is 9.84 Å². The lowest BCUT2D eigenvalue weighted by atomic mass is 10.2. The van der Waals surface area contributed by atoms with Crippen LogP contribution in [-0.4, -0.2) is 18.9 Å². The Balaban J connectivity index is 2.04. The summed E-state index contributed by atoms with van der Waals surface area (Å²) in [5.41, 5.74) is 0. The summed E-state index contributed by atoms with van der Waals surface area (Å²) >= 11 is 0. The van der Waals surface area contributed by atoms with Gasteiger partial charge in [0, 0.05) is 0 Å². The first-order valence-electron chi connectivity index (χ1n) is 5.25. The molecule has 0 heterocycles. The molecular formula is C10H17O2S. The number of sulfone groups is 1. The molecule has 2 rings (SSSR count). The molecule has 2 aliphatic carbocycles. The van der Waals surface area contributed by atoms with Crippen LogP contribution in [0, 0.1) is 6.42 Å². The summed E-state index contributed by atoms with van der Waals surface area (Å²) in [6, 6.07) is 0. The predicted molar refractivity (Wildman–Crippen MR) is 53.1 cm³/mol. The third-order valence-electron chi connectivity index (χ3n) is 3.08. The summed E-state index contributed by atoms with van der Waals surface area (Å²) in [5, 5.41) is 0.0225. The summed E-state index contributed by atoms with van der Waals surface area (Å²) in [6.45, 7) is 0. The normalized spacial score (nSPS) is 27.1. The molecule has 0 aliphatic heterocycles. The standard InChI is InChI=1S/C10H17O2S/c11-13(12,10-7-8-10)9-5-3-1-2-4-6-9/h1,9-10H,2-8H2. The molecule has 0 N–H and O–H groups in total. The highest BCUT2D eigenvalue weighted by molar-refractivity contribution is 7.92. The van der Waals surface area contributed by atoms with Crippen LogP contribution in [0.1, 0.15) is 44.9 Å². The summed E-state index contributed by atoms with van der Waals surface area (Å²) < 4.78 is 23.8. The monoisotopic (exact) mass is 201 g/mol. The van der Waals surface area contributed by atoms with Crippen molar-refractivity contribution in [2.75, 3.05) is 0 Å². The average molecular weight is 201 g/mol. The van der Waals surface area contributed by atoms with Crippen LogP contribution in [-0.2, 0) is 9.84 Å². The molecule has 0 aromatic heterocycles. The minimum absolute atomic E-state index is 0.0150. The van der Waals surface area contributed by atoms with Gasteiger partial charge >= 0.3 is 0 Å². The third-order valence-corrected chi connectivity index (χ3v) is 5.88. The Labute approximate surface area is 80.6 Å². The zero-order chi connectivity index (χ0) is 9.31. The van der Waals surface area contributed by atoms with Gasteiger partial charge in [-0.25, -0.2) is 8.42 Å². The van der Waals surface area contributed by atoms with Crippen molar-refractivity contribution in [1.82, 2.24) is 0 Å². The lowest BCUT2D eigenvalue weighted by molar-refractivity contribution is 0.562. The van der Waals surface area contributed by atoms with Crippen LogP contribution < -0.4 is 0 Å². The van der Waals surface area contributed by atoms with E-state index in [1.54, 1.807) is 0 Å². The van der Waals surface area contributed by atoms with E-state index < -0.39 is 9.84 Å². The molecule has 1 radical (unpaired) electrons. The van der Waals surface area contributed by atoms with E-state index in [-0.39, 0.29) is 10.5 Å². The Kier molecular flexibility index (Phi) is 2.63. The minimum atomic E-state index is -2.73. The molecule has 13 heavy (non-hydrogen) atoms. The Morgan fingerprint density at radius 1 is 0.923 bits per heavy atom. The first kappa shape index (κ1) is 9.50. The van der Waals surface area contributed by atoms with E-state index >= 15 is 0 Å². The van der Waals surface area contributed by atoms with Crippen molar-refractivity contribution in [3.05, 3.63) is 6.42 Å². The number of rotatable bonds is 2. The predicted octanol–water partition coefficient (Wildman–Crippen LogP) is 2.10. The summed E-state index contributed by atoms with van der Waals surface area (Å²) in [6.07, 6.45) is 9.02. The molecule has 0 amide bonds. The Morgan fingerprint density at radius 2 is 1.62 bits per heavy atom. The highest BCUT2D eigenvalue weighted by Gasteiger charge is 2.40. The fourth-order valence-electron chi connectivity index (χ4n) is 2.08. The van der Waals surface area contributed by atoms with Gasteiger partial charge in [-0.3, -0.25) is 0 Å². The lowest BCUT2D eigenvalue weighted by Crippen LogP contribution is -2.24. The van der Waals surface area contributed by atoms with E-state index in [9.17, 15) is 8.42 Å². The van der Waals surface area contributed by atoms with E-state index in [4.69, 9.17) is 0 Å². The molecule has 0 aromatic carbocycles. The zero-order valence-corrected chi connectivity index (χ0v) is 8.72. The van der Waals surface area contributed by atoms with Gasteiger partial charge in [-0.2, -0.15) is 0 Å². The molecule has 1 unspecified atom stereocenters. The second-order valence-corrected chi connectivity index (χ2v) is 6.72. The van der Waals surface area contributed by atoms with Crippen LogP contribution in [0.2, 0.25) is 0 Å². The van der Waals surface area contributed by atoms with Crippen LogP contribution in [0.3, 0.4) is 0 Å². The van der Waals surface area contributed by atoms with Crippen molar-refractivity contribution in [1.29, 1.82) is 0 Å². The van der Waals surface area contributed by atoms with Crippen molar-refractivity contribution in [2.24, 2.45) is 0 Å². The van der Waals surface area contributed by atoms with Gasteiger partial charge < -0.3 is 0 Å². The number of hydrogen-bond donors (Lipinski definition) is 0. The van der Waals surface area contributed by atoms with E-state index in [1.165, 1.54) is 0 Å². The highest BCUT2D eigenvalue weighted by atomic mass is 32.2. The Hall–Kier alpha value is -0.0500. The Morgan fingerprint density at radius 3 is 2.31 bits per heavy atom. The molecule has 0 aromatic rings. The maximum Gasteiger partial charge on any atom is 0.156 e. The molecule has 2 aliphatic rings. The topological polar surface area (TPSA) is 34.1 Å². The van der Waals surface area contributed by atoms with Crippen LogP contribution >= 0.6 is 0 Å². The van der Waals surface area contributed by atoms with Gasteiger partial charge in [-0.1, -0.05) is 12.8 Å². The summed E-state index contributed by atoms with van der Waals surface area (Å²) in [7, 11) is -2.73. The fraction of sp³-hybridized carbons (Fsp3) is 0.900. The van der Waals surface area contributed by atoms with Crippen molar-refractivity contribution < 1.29 is 8.42 Å². The summed E-state index contributed by atoms with van der Waals surface area (Å²) in [5.74, 6) is 0. The first-order valence-corrected chi connectivity index (χ1v) is 6.86. The second-order valence-electron chi connectivity index (χ2n) is 4.21. The van der Waals surface area contributed by atoms with Gasteiger partial charge in [0.05, 0.1) is 10.5 Å². The van der Waals surface area contributed by atoms with Gasteiger partial charge in [0.2, 0.25) is 0 Å². The van der Waals surface area contributed by atoms with E-state index in [0.717, 1.165) is 44.9 Å². The molecule has 75 valence electrons. The molecule has 0 bridgehead atoms. The zero-order valence-electron chi connectivity index (χ0n) is 7.91. The van der Waals surface area contributed by atoms with Crippen molar-refractivity contribution in [2.45, 2.75) is 55.4 Å². The fourth-order valence-corrected chi connectivity index (χ4v) is 4.38. The maximum atomic E-state index is 11.9. The van der Waals surface area contributed by atoms with Gasteiger partial charge in [0.15, 0.2) is 9.84 Å². The highest BCUT2D eigenvalue weighted by Crippen LogP contribution is 2.35. The van der Waals surface area contributed by atoms with E-state index in [2.05, 4.69) is 6.42 Å². The van der Waals surface area contributed by atoms with Crippen LogP contribution in [0.4, 0.5) is 0 Å². The maximum absolute atomic E-state index is 11.9. The van der Waals surface area contributed by atoms with Crippen molar-refractivity contribution in [3.8, 4) is 0 Å². The molecule has 2 fully saturated rings. The molecule has 0 saturated heterocycles. The van der Waals surface area contributed by atoms with Gasteiger partial charge in [-0.15, -0.1) is 0 Å². The van der Waals surface area contributed by atoms with Crippen LogP contribution in [0.25, 0.3) is 0 Å². The minimum Gasteiger partial charge on any atom is -0.228 e. The van der Waals surface area contributed by atoms with Crippen LogP contribution in [0.5, 0.6) is 0 Å². The van der Waals surface area contributed by atoms with Gasteiger partial charge in [0.1, 0.15) is 0 Å². The molecule has 3 heteroatoms. The quantitative estimate of drug-likeness (QED) is 0.641. The SMILES string of the molecule is O=S(=O)(C1CC[CH]CCC1)C1CC1. The van der Waals surface area contributed by atoms with Gasteiger partial charge in [-0.05, 0) is 38.5 Å². The average Bonchev–Trinajstić information content (AvgIpc) is 2.93. The molecule has 1 atom stereocenters. The molecule has 2 saturated carbocycles. The van der Waals surface area contributed by atoms with Crippen molar-refractivity contribution in [3.63, 3.8) is 0 Å². The Bertz CT molecular complexity index is 257. The lowest BCUT2D eigenvalue weighted by Gasteiger charge is -2.13. The van der Waals surface area contributed by atoms with E-state index in [0.29, 0.717) is 0 Å². The molecular weight excluding hydrogens is 184 g/mol. The molecule has 0 spiro atoms. The summed E-state index contributed by atoms with van der Waals surface area (Å²) in [4.78, 5) is 0. The van der Waals surface area contributed by atoms with Crippen LogP contribution in [0.15, 0.2) is 0 Å². The number of hydrogen-bond acceptors (Lipinski definition) is 2. The smallest absolute Gasteiger partial charge is 0.156 e.